The molecule has 0 heterocycles. The molecule has 3 N–H and O–H groups in total. The van der Waals surface area contributed by atoms with Crippen molar-refractivity contribution >= 4 is 39.5 Å². The first-order valence-electron chi connectivity index (χ1n) is 33.7. The Bertz CT molecular complexity index is 1680. The Morgan fingerprint density at radius 2 is 0.500 bits per heavy atom. The zero-order valence-corrected chi connectivity index (χ0v) is 56.3. The maximum absolute atomic E-state index is 13.0. The molecule has 0 rings (SSSR count). The topological polar surface area (TPSA) is 237 Å². The van der Waals surface area contributed by atoms with Crippen LogP contribution in [-0.4, -0.2) is 96.7 Å². The van der Waals surface area contributed by atoms with Crippen molar-refractivity contribution in [1.29, 1.82) is 0 Å². The first-order valence-corrected chi connectivity index (χ1v) is 36.7. The van der Waals surface area contributed by atoms with Crippen LogP contribution in [0.2, 0.25) is 0 Å². The molecule has 2 unspecified atom stereocenters. The Kier molecular flexibility index (Phi) is 53.9. The number of aliphatic hydroxyl groups excluding tert-OH is 1. The second-order valence-electron chi connectivity index (χ2n) is 25.4. The van der Waals surface area contributed by atoms with Gasteiger partial charge in [0.2, 0.25) is 0 Å². The van der Waals surface area contributed by atoms with Crippen molar-refractivity contribution in [2.24, 2.45) is 23.7 Å². The van der Waals surface area contributed by atoms with Gasteiger partial charge in [-0.15, -0.1) is 0 Å². The quantitative estimate of drug-likeness (QED) is 0.0222. The summed E-state index contributed by atoms with van der Waals surface area (Å²) in [5, 5.41) is 10.5. The third-order valence-electron chi connectivity index (χ3n) is 14.8. The van der Waals surface area contributed by atoms with Crippen LogP contribution in [-0.2, 0) is 65.4 Å². The molecule has 0 aromatic rings. The fourth-order valence-corrected chi connectivity index (χ4v) is 11.2. The van der Waals surface area contributed by atoms with Gasteiger partial charge in [-0.05, 0) is 49.4 Å². The Morgan fingerprint density at radius 1 is 0.298 bits per heavy atom. The zero-order chi connectivity index (χ0) is 62.5. The molecule has 0 spiro atoms. The van der Waals surface area contributed by atoms with Gasteiger partial charge in [0.25, 0.3) is 0 Å². The van der Waals surface area contributed by atoms with Gasteiger partial charge < -0.3 is 33.8 Å². The standard InChI is InChI=1S/C65H126O17P2/c1-55(2)41-33-25-17-12-10-9-11-13-21-31-39-47-64(69)81-60(51-75-62(67)45-37-29-20-15-14-18-26-34-42-56(3)4)53-79-83(71,72)77-49-59(66)50-78-84(73,74)80-54-61(52-76-63(68)46-38-30-24-23-28-36-44-58(7)8)82-65(70)48-40-32-22-16-19-27-35-43-57(5)6/h55-61,66H,9-54H2,1-8H3,(H,71,72)(H,73,74)/t59-,60-,61-/m1/s1. The lowest BCUT2D eigenvalue weighted by Gasteiger charge is -2.21. The fraction of sp³-hybridized carbons (Fsp3) is 0.938. The molecule has 84 heavy (non-hydrogen) atoms. The SMILES string of the molecule is CC(C)CCCCCCCCCCCCCC(=O)O[C@H](COC(=O)CCCCCCCCCCC(C)C)COP(=O)(O)OC[C@@H](O)COP(=O)(O)OC[C@@H](COC(=O)CCCCCCCCC(C)C)OC(=O)CCCCCCCCCC(C)C. The summed E-state index contributed by atoms with van der Waals surface area (Å²) >= 11 is 0. The molecule has 0 fully saturated rings. The van der Waals surface area contributed by atoms with Gasteiger partial charge in [-0.3, -0.25) is 37.3 Å². The van der Waals surface area contributed by atoms with Crippen LogP contribution >= 0.6 is 15.6 Å². The van der Waals surface area contributed by atoms with Crippen molar-refractivity contribution in [3.8, 4) is 0 Å². The predicted molar refractivity (Wildman–Crippen MR) is 335 cm³/mol. The Morgan fingerprint density at radius 3 is 0.738 bits per heavy atom. The monoisotopic (exact) mass is 1240 g/mol. The number of ether oxygens (including phenoxy) is 4. The number of phosphoric acid groups is 2. The van der Waals surface area contributed by atoms with E-state index in [9.17, 15) is 43.2 Å². The number of carbonyl (C=O) groups excluding carboxylic acids is 4. The van der Waals surface area contributed by atoms with E-state index in [1.807, 2.05) is 0 Å². The number of hydrogen-bond acceptors (Lipinski definition) is 15. The molecule has 0 saturated heterocycles. The molecule has 0 aromatic carbocycles. The van der Waals surface area contributed by atoms with Gasteiger partial charge in [0.1, 0.15) is 19.3 Å². The second-order valence-corrected chi connectivity index (χ2v) is 28.3. The number of phosphoric ester groups is 2. The van der Waals surface area contributed by atoms with Gasteiger partial charge in [0, 0.05) is 25.7 Å². The van der Waals surface area contributed by atoms with E-state index < -0.39 is 97.5 Å². The van der Waals surface area contributed by atoms with Crippen LogP contribution in [0.5, 0.6) is 0 Å². The number of aliphatic hydroxyl groups is 1. The Labute approximate surface area is 511 Å². The third-order valence-corrected chi connectivity index (χ3v) is 16.7. The van der Waals surface area contributed by atoms with Gasteiger partial charge in [-0.25, -0.2) is 9.13 Å². The molecule has 0 aliphatic carbocycles. The Balaban J connectivity index is 5.25. The largest absolute Gasteiger partial charge is 0.472 e. The van der Waals surface area contributed by atoms with Crippen molar-refractivity contribution in [2.75, 3.05) is 39.6 Å². The molecule has 5 atom stereocenters. The highest BCUT2D eigenvalue weighted by Gasteiger charge is 2.30. The summed E-state index contributed by atoms with van der Waals surface area (Å²) < 4.78 is 68.0. The summed E-state index contributed by atoms with van der Waals surface area (Å²) in [6.07, 6.45) is 35.1. The number of rotatable bonds is 62. The van der Waals surface area contributed by atoms with Crippen LogP contribution in [0.1, 0.15) is 312 Å². The molecule has 19 heteroatoms. The minimum Gasteiger partial charge on any atom is -0.462 e. The lowest BCUT2D eigenvalue weighted by Crippen LogP contribution is -2.30. The molecule has 17 nitrogen and oxygen atoms in total. The lowest BCUT2D eigenvalue weighted by atomic mass is 10.0. The molecule has 0 aliphatic rings. The number of hydrogen-bond donors (Lipinski definition) is 3. The minimum atomic E-state index is -4.95. The van der Waals surface area contributed by atoms with Gasteiger partial charge in [-0.2, -0.15) is 0 Å². The number of esters is 4. The molecule has 0 radical (unpaired) electrons. The normalized spacial score (nSPS) is 14.4. The maximum atomic E-state index is 13.0. The van der Waals surface area contributed by atoms with Crippen LogP contribution in [0, 0.1) is 23.7 Å². The first kappa shape index (κ1) is 82.1. The van der Waals surface area contributed by atoms with Crippen molar-refractivity contribution in [1.82, 2.24) is 0 Å². The highest BCUT2D eigenvalue weighted by molar-refractivity contribution is 7.47. The summed E-state index contributed by atoms with van der Waals surface area (Å²) in [5.74, 6) is 0.726. The van der Waals surface area contributed by atoms with Crippen LogP contribution in [0.3, 0.4) is 0 Å². The summed E-state index contributed by atoms with van der Waals surface area (Å²) in [5.41, 5.74) is 0. The van der Waals surface area contributed by atoms with Gasteiger partial charge >= 0.3 is 39.5 Å². The van der Waals surface area contributed by atoms with Crippen molar-refractivity contribution < 1.29 is 80.2 Å². The predicted octanol–water partition coefficient (Wildman–Crippen LogP) is 17.8. The highest BCUT2D eigenvalue weighted by Crippen LogP contribution is 2.45. The van der Waals surface area contributed by atoms with E-state index in [4.69, 9.17) is 37.0 Å². The Hall–Kier alpha value is -1.94. The average Bonchev–Trinajstić information content (AvgIpc) is 3.50. The fourth-order valence-electron chi connectivity index (χ4n) is 9.61. The smallest absolute Gasteiger partial charge is 0.462 e. The van der Waals surface area contributed by atoms with Crippen LogP contribution in [0.15, 0.2) is 0 Å². The molecule has 0 bridgehead atoms. The van der Waals surface area contributed by atoms with E-state index in [2.05, 4.69) is 55.4 Å². The average molecular weight is 1240 g/mol. The molecule has 0 amide bonds. The highest BCUT2D eigenvalue weighted by atomic mass is 31.2. The van der Waals surface area contributed by atoms with E-state index in [0.717, 1.165) is 108 Å². The summed E-state index contributed by atoms with van der Waals surface area (Å²) in [6, 6.07) is 0. The van der Waals surface area contributed by atoms with E-state index in [-0.39, 0.29) is 25.7 Å². The van der Waals surface area contributed by atoms with Crippen LogP contribution in [0.25, 0.3) is 0 Å². The first-order chi connectivity index (χ1) is 40.1. The van der Waals surface area contributed by atoms with Crippen LogP contribution < -0.4 is 0 Å². The molecular weight excluding hydrogens is 1110 g/mol. The number of unbranched alkanes of at least 4 members (excludes halogenated alkanes) is 28. The molecular formula is C65H126O17P2. The van der Waals surface area contributed by atoms with E-state index >= 15 is 0 Å². The van der Waals surface area contributed by atoms with E-state index in [0.29, 0.717) is 37.5 Å². The molecule has 0 saturated carbocycles. The van der Waals surface area contributed by atoms with Crippen molar-refractivity contribution in [3.63, 3.8) is 0 Å². The van der Waals surface area contributed by atoms with Crippen molar-refractivity contribution in [3.05, 3.63) is 0 Å². The number of carbonyl (C=O) groups is 4. The second kappa shape index (κ2) is 55.2. The minimum absolute atomic E-state index is 0.102. The van der Waals surface area contributed by atoms with Gasteiger partial charge in [0.05, 0.1) is 26.4 Å². The lowest BCUT2D eigenvalue weighted by molar-refractivity contribution is -0.161. The summed E-state index contributed by atoms with van der Waals surface area (Å²) in [7, 11) is -9.89. The van der Waals surface area contributed by atoms with E-state index in [1.165, 1.54) is 109 Å². The zero-order valence-electron chi connectivity index (χ0n) is 54.5. The summed E-state index contributed by atoms with van der Waals surface area (Å²) in [6.45, 7) is 13.9. The molecule has 498 valence electrons. The van der Waals surface area contributed by atoms with Crippen LogP contribution in [0.4, 0.5) is 0 Å². The van der Waals surface area contributed by atoms with Gasteiger partial charge in [-0.1, -0.05) is 261 Å². The maximum Gasteiger partial charge on any atom is 0.472 e. The molecule has 0 aliphatic heterocycles. The van der Waals surface area contributed by atoms with Gasteiger partial charge in [0.15, 0.2) is 12.2 Å². The van der Waals surface area contributed by atoms with Crippen molar-refractivity contribution in [2.45, 2.75) is 331 Å². The van der Waals surface area contributed by atoms with E-state index in [1.54, 1.807) is 0 Å². The third kappa shape index (κ3) is 59.0. The molecule has 0 aromatic heterocycles. The summed E-state index contributed by atoms with van der Waals surface area (Å²) in [4.78, 5) is 72.2.